The van der Waals surface area contributed by atoms with Gasteiger partial charge in [-0.2, -0.15) is 0 Å². The molecule has 1 heterocycles. The minimum absolute atomic E-state index is 0.0883. The molecule has 1 amide bonds. The van der Waals surface area contributed by atoms with Crippen LogP contribution in [-0.4, -0.2) is 40.6 Å². The lowest BCUT2D eigenvalue weighted by Gasteiger charge is -2.47. The predicted molar refractivity (Wildman–Crippen MR) is 71.0 cm³/mol. The van der Waals surface area contributed by atoms with E-state index < -0.39 is 5.60 Å². The topological polar surface area (TPSA) is 66.6 Å². The summed E-state index contributed by atoms with van der Waals surface area (Å²) >= 11 is 0. The summed E-state index contributed by atoms with van der Waals surface area (Å²) in [5.41, 5.74) is 5.20. The van der Waals surface area contributed by atoms with Crippen molar-refractivity contribution >= 4 is 5.91 Å². The largest absolute Gasteiger partial charge is 0.389 e. The van der Waals surface area contributed by atoms with Crippen molar-refractivity contribution in [3.63, 3.8) is 0 Å². The van der Waals surface area contributed by atoms with Gasteiger partial charge in [-0.3, -0.25) is 4.79 Å². The molecule has 2 fully saturated rings. The molecular weight excluding hydrogens is 228 g/mol. The van der Waals surface area contributed by atoms with Crippen molar-refractivity contribution < 1.29 is 9.90 Å². The first-order chi connectivity index (χ1) is 8.51. The van der Waals surface area contributed by atoms with Crippen LogP contribution in [0.3, 0.4) is 0 Å². The number of nitrogens with zero attached hydrogens (tertiary/aromatic N) is 1. The number of likely N-dealkylation sites (tertiary alicyclic amines) is 1. The third kappa shape index (κ3) is 3.04. The molecule has 1 aliphatic heterocycles. The number of amides is 1. The second-order valence-corrected chi connectivity index (χ2v) is 6.15. The van der Waals surface area contributed by atoms with Crippen LogP contribution in [0.1, 0.15) is 51.9 Å². The van der Waals surface area contributed by atoms with E-state index in [9.17, 15) is 9.90 Å². The Hall–Kier alpha value is -0.610. The maximum absolute atomic E-state index is 12.1. The summed E-state index contributed by atoms with van der Waals surface area (Å²) in [6.07, 6.45) is 6.35. The fourth-order valence-electron chi connectivity index (χ4n) is 3.31. The molecule has 4 nitrogen and oxygen atoms in total. The smallest absolute Gasteiger partial charge is 0.222 e. The van der Waals surface area contributed by atoms with Crippen LogP contribution in [-0.2, 0) is 4.79 Å². The van der Waals surface area contributed by atoms with Crippen molar-refractivity contribution in [3.05, 3.63) is 0 Å². The third-order valence-corrected chi connectivity index (χ3v) is 4.59. The van der Waals surface area contributed by atoms with Crippen molar-refractivity contribution in [1.82, 2.24) is 4.90 Å². The molecule has 0 aromatic rings. The number of aliphatic hydroxyl groups is 1. The quantitative estimate of drug-likeness (QED) is 0.797. The Morgan fingerprint density at radius 2 is 2.28 bits per heavy atom. The van der Waals surface area contributed by atoms with Crippen molar-refractivity contribution in [3.8, 4) is 0 Å². The van der Waals surface area contributed by atoms with E-state index in [4.69, 9.17) is 5.73 Å². The number of hydrogen-bond donors (Lipinski definition) is 2. The fourth-order valence-corrected chi connectivity index (χ4v) is 3.31. The van der Waals surface area contributed by atoms with Gasteiger partial charge in [-0.1, -0.05) is 12.8 Å². The molecule has 0 spiro atoms. The summed E-state index contributed by atoms with van der Waals surface area (Å²) in [7, 11) is 0. The lowest BCUT2D eigenvalue weighted by molar-refractivity contribution is -0.143. The molecule has 2 aliphatic rings. The van der Waals surface area contributed by atoms with E-state index in [-0.39, 0.29) is 11.9 Å². The first-order valence-electron chi connectivity index (χ1n) is 7.27. The summed E-state index contributed by atoms with van der Waals surface area (Å²) < 4.78 is 0. The van der Waals surface area contributed by atoms with Crippen LogP contribution >= 0.6 is 0 Å². The molecule has 3 N–H and O–H groups in total. The van der Waals surface area contributed by atoms with Crippen molar-refractivity contribution in [2.75, 3.05) is 13.1 Å². The molecule has 3 unspecified atom stereocenters. The highest BCUT2D eigenvalue weighted by Crippen LogP contribution is 2.39. The van der Waals surface area contributed by atoms with E-state index in [0.29, 0.717) is 18.9 Å². The molecule has 0 radical (unpaired) electrons. The zero-order chi connectivity index (χ0) is 13.2. The van der Waals surface area contributed by atoms with Crippen molar-refractivity contribution in [2.24, 2.45) is 11.7 Å². The van der Waals surface area contributed by atoms with Gasteiger partial charge >= 0.3 is 0 Å². The normalized spacial score (nSPS) is 33.9. The second kappa shape index (κ2) is 5.57. The molecule has 3 atom stereocenters. The zero-order valence-electron chi connectivity index (χ0n) is 11.4. The Balaban J connectivity index is 1.88. The van der Waals surface area contributed by atoms with Gasteiger partial charge in [0.05, 0.1) is 5.60 Å². The first kappa shape index (κ1) is 13.8. The first-order valence-corrected chi connectivity index (χ1v) is 7.27. The number of carbonyl (C=O) groups is 1. The Morgan fingerprint density at radius 3 is 3.00 bits per heavy atom. The van der Waals surface area contributed by atoms with E-state index in [0.717, 1.165) is 38.6 Å². The van der Waals surface area contributed by atoms with Crippen LogP contribution in [0.4, 0.5) is 0 Å². The summed E-state index contributed by atoms with van der Waals surface area (Å²) in [5, 5.41) is 10.6. The van der Waals surface area contributed by atoms with Gasteiger partial charge in [0.1, 0.15) is 0 Å². The molecule has 1 saturated heterocycles. The monoisotopic (exact) mass is 254 g/mol. The minimum Gasteiger partial charge on any atom is -0.389 e. The number of rotatable bonds is 3. The van der Waals surface area contributed by atoms with Gasteiger partial charge in [-0.25, -0.2) is 0 Å². The van der Waals surface area contributed by atoms with Gasteiger partial charge in [-0.05, 0) is 32.6 Å². The van der Waals surface area contributed by atoms with Crippen molar-refractivity contribution in [1.29, 1.82) is 0 Å². The molecule has 0 bridgehead atoms. The zero-order valence-corrected chi connectivity index (χ0v) is 11.4. The average molecular weight is 254 g/mol. The molecule has 1 aliphatic carbocycles. The van der Waals surface area contributed by atoms with Gasteiger partial charge in [-0.15, -0.1) is 0 Å². The maximum atomic E-state index is 12.1. The van der Waals surface area contributed by atoms with E-state index >= 15 is 0 Å². The second-order valence-electron chi connectivity index (χ2n) is 6.15. The van der Waals surface area contributed by atoms with Gasteiger partial charge in [0.15, 0.2) is 0 Å². The lowest BCUT2D eigenvalue weighted by atomic mass is 9.71. The summed E-state index contributed by atoms with van der Waals surface area (Å²) in [6, 6.07) is 0.0883. The third-order valence-electron chi connectivity index (χ3n) is 4.59. The molecule has 0 aromatic carbocycles. The van der Waals surface area contributed by atoms with Crippen LogP contribution in [0.2, 0.25) is 0 Å². The predicted octanol–water partition coefficient (Wildman–Crippen LogP) is 1.27. The van der Waals surface area contributed by atoms with E-state index in [1.54, 1.807) is 0 Å². The molecule has 104 valence electrons. The van der Waals surface area contributed by atoms with Gasteiger partial charge in [0.25, 0.3) is 0 Å². The van der Waals surface area contributed by atoms with Gasteiger partial charge in [0, 0.05) is 31.5 Å². The number of nitrogens with two attached hydrogens (primary N) is 1. The molecule has 4 heteroatoms. The summed E-state index contributed by atoms with van der Waals surface area (Å²) in [5.74, 6) is 0.499. The number of fused-ring (bicyclic) bond motifs is 1. The van der Waals surface area contributed by atoms with Gasteiger partial charge < -0.3 is 15.7 Å². The van der Waals surface area contributed by atoms with Crippen LogP contribution in [0.5, 0.6) is 0 Å². The molecule has 18 heavy (non-hydrogen) atoms. The SMILES string of the molecule is CC(N)CCC(=O)N1CCC2(O)CCCCC2C1. The summed E-state index contributed by atoms with van der Waals surface area (Å²) in [4.78, 5) is 14.0. The molecule has 2 rings (SSSR count). The molecule has 0 aromatic heterocycles. The van der Waals surface area contributed by atoms with E-state index in [1.165, 1.54) is 6.42 Å². The van der Waals surface area contributed by atoms with Crippen LogP contribution < -0.4 is 5.73 Å². The van der Waals surface area contributed by atoms with Crippen LogP contribution in [0.25, 0.3) is 0 Å². The number of hydrogen-bond acceptors (Lipinski definition) is 3. The highest BCUT2D eigenvalue weighted by Gasteiger charge is 2.43. The molecule has 1 saturated carbocycles. The summed E-state index contributed by atoms with van der Waals surface area (Å²) in [6.45, 7) is 3.39. The Morgan fingerprint density at radius 1 is 1.50 bits per heavy atom. The highest BCUT2D eigenvalue weighted by molar-refractivity contribution is 5.76. The number of carbonyl (C=O) groups excluding carboxylic acids is 1. The Labute approximate surface area is 110 Å². The van der Waals surface area contributed by atoms with E-state index in [1.807, 2.05) is 11.8 Å². The lowest BCUT2D eigenvalue weighted by Crippen LogP contribution is -2.54. The number of piperidine rings is 1. The Bertz CT molecular complexity index is 306. The van der Waals surface area contributed by atoms with E-state index in [2.05, 4.69) is 0 Å². The maximum Gasteiger partial charge on any atom is 0.222 e. The minimum atomic E-state index is -0.490. The Kier molecular flexibility index (Phi) is 4.28. The highest BCUT2D eigenvalue weighted by atomic mass is 16.3. The van der Waals surface area contributed by atoms with Crippen LogP contribution in [0, 0.1) is 5.92 Å². The van der Waals surface area contributed by atoms with Crippen molar-refractivity contribution in [2.45, 2.75) is 63.5 Å². The average Bonchev–Trinajstić information content (AvgIpc) is 2.34. The molecular formula is C14H26N2O2. The van der Waals surface area contributed by atoms with Crippen LogP contribution in [0.15, 0.2) is 0 Å². The van der Waals surface area contributed by atoms with Gasteiger partial charge in [0.2, 0.25) is 5.91 Å². The standard InChI is InChI=1S/C14H26N2O2/c1-11(15)5-6-13(17)16-9-8-14(18)7-3-2-4-12(14)10-16/h11-12,18H,2-10,15H2,1H3. The fraction of sp³-hybridized carbons (Fsp3) is 0.929.